The highest BCUT2D eigenvalue weighted by Gasteiger charge is 2.28. The molecule has 0 spiro atoms. The molecule has 6 nitrogen and oxygen atoms in total. The predicted octanol–water partition coefficient (Wildman–Crippen LogP) is 1.67. The number of guanidine groups is 1. The van der Waals surface area contributed by atoms with Gasteiger partial charge in [-0.05, 0) is 19.4 Å². The minimum Gasteiger partial charge on any atom is -0.359 e. The van der Waals surface area contributed by atoms with Crippen LogP contribution < -0.4 is 10.6 Å². The maximum atomic E-state index is 11.9. The van der Waals surface area contributed by atoms with Crippen LogP contribution in [0.4, 0.5) is 0 Å². The molecule has 0 bridgehead atoms. The van der Waals surface area contributed by atoms with Crippen LogP contribution in [-0.2, 0) is 4.79 Å². The number of rotatable bonds is 6. The molecule has 2 rings (SSSR count). The lowest BCUT2D eigenvalue weighted by atomic mass is 9.92. The lowest BCUT2D eigenvalue weighted by molar-refractivity contribution is -0.128. The number of hydrogen-bond acceptors (Lipinski definition) is 3. The van der Waals surface area contributed by atoms with Gasteiger partial charge in [-0.3, -0.25) is 14.7 Å². The lowest BCUT2D eigenvalue weighted by Gasteiger charge is -2.37. The zero-order valence-electron chi connectivity index (χ0n) is 17.0. The molecule has 1 amide bonds. The second-order valence-corrected chi connectivity index (χ2v) is 7.46. The van der Waals surface area contributed by atoms with Crippen molar-refractivity contribution in [3.8, 4) is 0 Å². The van der Waals surface area contributed by atoms with Crippen LogP contribution >= 0.6 is 0 Å². The van der Waals surface area contributed by atoms with E-state index in [1.54, 1.807) is 14.1 Å². The van der Waals surface area contributed by atoms with Crippen molar-refractivity contribution in [1.82, 2.24) is 20.4 Å². The van der Waals surface area contributed by atoms with Crippen LogP contribution in [0.3, 0.4) is 0 Å². The molecule has 1 aromatic rings. The van der Waals surface area contributed by atoms with E-state index in [1.165, 1.54) is 5.56 Å². The van der Waals surface area contributed by atoms with Crippen LogP contribution in [0, 0.1) is 5.41 Å². The largest absolute Gasteiger partial charge is 0.359 e. The van der Waals surface area contributed by atoms with Crippen molar-refractivity contribution < 1.29 is 4.79 Å². The number of nitrogens with zero attached hydrogens (tertiary/aromatic N) is 3. The second-order valence-electron chi connectivity index (χ2n) is 7.46. The summed E-state index contributed by atoms with van der Waals surface area (Å²) in [5.41, 5.74) is 0.758. The molecule has 0 unspecified atom stereocenters. The van der Waals surface area contributed by atoms with Crippen molar-refractivity contribution >= 4 is 17.9 Å². The Hall–Kier alpha value is -2.34. The van der Waals surface area contributed by atoms with E-state index in [9.17, 15) is 4.79 Å². The smallest absolute Gasteiger partial charge is 0.227 e. The van der Waals surface area contributed by atoms with E-state index in [1.807, 2.05) is 19.9 Å². The highest BCUT2D eigenvalue weighted by molar-refractivity contribution is 5.84. The molecular weight excluding hydrogens is 338 g/mol. The van der Waals surface area contributed by atoms with Crippen LogP contribution in [0.5, 0.6) is 0 Å². The highest BCUT2D eigenvalue weighted by Crippen LogP contribution is 2.13. The summed E-state index contributed by atoms with van der Waals surface area (Å²) >= 11 is 0. The first kappa shape index (κ1) is 21.0. The standard InChI is InChI=1S/C21H33N5O/c1-21(2,19(27)22-3)17-24-20(23-4)26-15-13-25(14-16-26)12-8-11-18-9-6-5-7-10-18/h5-11H,12-17H2,1-4H3,(H,22,27)(H,23,24)/b11-8+. The quantitative estimate of drug-likeness (QED) is 0.590. The molecule has 1 aliphatic heterocycles. The van der Waals surface area contributed by atoms with Gasteiger partial charge in [0.2, 0.25) is 5.91 Å². The third-order valence-electron chi connectivity index (χ3n) is 4.89. The Morgan fingerprint density at radius 1 is 1.19 bits per heavy atom. The number of carbonyl (C=O) groups is 1. The number of amides is 1. The number of benzene rings is 1. The molecule has 0 atom stereocenters. The lowest BCUT2D eigenvalue weighted by Crippen LogP contribution is -2.54. The third kappa shape index (κ3) is 6.40. The molecule has 1 fully saturated rings. The van der Waals surface area contributed by atoms with Crippen molar-refractivity contribution in [3.63, 3.8) is 0 Å². The summed E-state index contributed by atoms with van der Waals surface area (Å²) in [6.45, 7) is 9.24. The molecule has 2 N–H and O–H groups in total. The Labute approximate surface area is 163 Å². The fourth-order valence-corrected chi connectivity index (χ4v) is 3.10. The summed E-state index contributed by atoms with van der Waals surface area (Å²) in [6.07, 6.45) is 4.40. The van der Waals surface area contributed by atoms with Crippen molar-refractivity contribution in [2.75, 3.05) is 53.4 Å². The van der Waals surface area contributed by atoms with Crippen LogP contribution in [-0.4, -0.2) is 75.0 Å². The summed E-state index contributed by atoms with van der Waals surface area (Å²) in [5, 5.41) is 6.07. The minimum absolute atomic E-state index is 0.0282. The zero-order chi connectivity index (χ0) is 19.7. The van der Waals surface area contributed by atoms with Crippen LogP contribution in [0.25, 0.3) is 6.08 Å². The molecule has 1 aliphatic rings. The summed E-state index contributed by atoms with van der Waals surface area (Å²) < 4.78 is 0. The molecule has 27 heavy (non-hydrogen) atoms. The molecule has 1 aromatic carbocycles. The highest BCUT2D eigenvalue weighted by atomic mass is 16.2. The van der Waals surface area contributed by atoms with Crippen molar-refractivity contribution in [1.29, 1.82) is 0 Å². The number of nitrogens with one attached hydrogen (secondary N) is 2. The van der Waals surface area contributed by atoms with Gasteiger partial charge in [-0.2, -0.15) is 0 Å². The maximum absolute atomic E-state index is 11.9. The first-order valence-electron chi connectivity index (χ1n) is 9.58. The van der Waals surface area contributed by atoms with E-state index in [0.29, 0.717) is 6.54 Å². The average molecular weight is 372 g/mol. The Morgan fingerprint density at radius 2 is 1.85 bits per heavy atom. The molecule has 1 heterocycles. The van der Waals surface area contributed by atoms with E-state index in [-0.39, 0.29) is 5.91 Å². The summed E-state index contributed by atoms with van der Waals surface area (Å²) in [7, 11) is 3.47. The van der Waals surface area contributed by atoms with Gasteiger partial charge in [0.25, 0.3) is 0 Å². The average Bonchev–Trinajstić information content (AvgIpc) is 2.69. The molecule has 148 valence electrons. The van der Waals surface area contributed by atoms with Crippen LogP contribution in [0.15, 0.2) is 41.4 Å². The van der Waals surface area contributed by atoms with Gasteiger partial charge in [-0.25, -0.2) is 0 Å². The van der Waals surface area contributed by atoms with Gasteiger partial charge in [-0.1, -0.05) is 42.5 Å². The molecule has 0 aromatic heterocycles. The summed E-state index contributed by atoms with van der Waals surface area (Å²) in [6, 6.07) is 10.4. The maximum Gasteiger partial charge on any atom is 0.227 e. The number of hydrogen-bond donors (Lipinski definition) is 2. The fourth-order valence-electron chi connectivity index (χ4n) is 3.10. The number of carbonyl (C=O) groups excluding carboxylic acids is 1. The van der Waals surface area contributed by atoms with Gasteiger partial charge in [0.15, 0.2) is 5.96 Å². The fraction of sp³-hybridized carbons (Fsp3) is 0.524. The Balaban J connectivity index is 1.78. The summed E-state index contributed by atoms with van der Waals surface area (Å²) in [5.74, 6) is 0.895. The van der Waals surface area contributed by atoms with Gasteiger partial charge in [0.05, 0.1) is 5.41 Å². The Kier molecular flexibility index (Phi) is 7.85. The third-order valence-corrected chi connectivity index (χ3v) is 4.89. The molecule has 6 heteroatoms. The normalized spacial score (nSPS) is 16.6. The van der Waals surface area contributed by atoms with Gasteiger partial charge in [0, 0.05) is 53.4 Å². The van der Waals surface area contributed by atoms with E-state index in [2.05, 4.69) is 61.8 Å². The van der Waals surface area contributed by atoms with E-state index >= 15 is 0 Å². The van der Waals surface area contributed by atoms with Crippen molar-refractivity contribution in [2.24, 2.45) is 10.4 Å². The number of aliphatic imine (C=N–C) groups is 1. The molecule has 0 aliphatic carbocycles. The van der Waals surface area contributed by atoms with Gasteiger partial charge in [-0.15, -0.1) is 0 Å². The summed E-state index contributed by atoms with van der Waals surface area (Å²) in [4.78, 5) is 21.0. The Bertz CT molecular complexity index is 646. The molecule has 0 radical (unpaired) electrons. The van der Waals surface area contributed by atoms with E-state index in [4.69, 9.17) is 0 Å². The molecular formula is C21H33N5O. The molecule has 1 saturated heterocycles. The predicted molar refractivity (Wildman–Crippen MR) is 113 cm³/mol. The van der Waals surface area contributed by atoms with Gasteiger partial charge in [0.1, 0.15) is 0 Å². The Morgan fingerprint density at radius 3 is 2.44 bits per heavy atom. The van der Waals surface area contributed by atoms with Gasteiger partial charge < -0.3 is 15.5 Å². The van der Waals surface area contributed by atoms with Crippen molar-refractivity contribution in [3.05, 3.63) is 42.0 Å². The van der Waals surface area contributed by atoms with Crippen molar-refractivity contribution in [2.45, 2.75) is 13.8 Å². The molecule has 0 saturated carbocycles. The first-order valence-corrected chi connectivity index (χ1v) is 9.58. The van der Waals surface area contributed by atoms with Gasteiger partial charge >= 0.3 is 0 Å². The van der Waals surface area contributed by atoms with Crippen LogP contribution in [0.1, 0.15) is 19.4 Å². The SMILES string of the molecule is CN=C(NCC(C)(C)C(=O)NC)N1CCN(C/C=C/c2ccccc2)CC1. The number of piperazine rings is 1. The van der Waals surface area contributed by atoms with E-state index < -0.39 is 5.41 Å². The van der Waals surface area contributed by atoms with E-state index in [0.717, 1.165) is 38.7 Å². The topological polar surface area (TPSA) is 60.0 Å². The first-order chi connectivity index (χ1) is 13.0. The zero-order valence-corrected chi connectivity index (χ0v) is 17.0. The second kappa shape index (κ2) is 10.1. The minimum atomic E-state index is -0.477. The monoisotopic (exact) mass is 371 g/mol. The van der Waals surface area contributed by atoms with Crippen LogP contribution in [0.2, 0.25) is 0 Å².